The van der Waals surface area contributed by atoms with E-state index in [-0.39, 0.29) is 39.2 Å². The van der Waals surface area contributed by atoms with Gasteiger partial charge in [0.05, 0.1) is 28.1 Å². The van der Waals surface area contributed by atoms with Crippen LogP contribution in [0.3, 0.4) is 0 Å². The number of para-hydroxylation sites is 2. The molecule has 2 heterocycles. The molecular formula is C39H34N6O5. The zero-order valence-corrected chi connectivity index (χ0v) is 28.1. The Morgan fingerprint density at radius 2 is 1.28 bits per heavy atom. The van der Waals surface area contributed by atoms with Crippen LogP contribution in [0.15, 0.2) is 123 Å². The number of carbonyl (C=O) groups is 3. The molecule has 3 N–H and O–H groups in total. The summed E-state index contributed by atoms with van der Waals surface area (Å²) in [5.41, 5.74) is 2.81. The number of pyridine rings is 1. The van der Waals surface area contributed by atoms with E-state index in [2.05, 4.69) is 20.9 Å². The number of nitrogens with one attached hydrogen (secondary N) is 2. The Labute approximate surface area is 288 Å². The third kappa shape index (κ3) is 5.96. The van der Waals surface area contributed by atoms with Crippen LogP contribution in [0.4, 0.5) is 34.1 Å². The van der Waals surface area contributed by atoms with E-state index in [0.29, 0.717) is 28.4 Å². The van der Waals surface area contributed by atoms with Gasteiger partial charge in [-0.1, -0.05) is 72.3 Å². The monoisotopic (exact) mass is 666 g/mol. The molecule has 0 aliphatic carbocycles. The van der Waals surface area contributed by atoms with Gasteiger partial charge in [0.15, 0.2) is 5.78 Å². The number of nitrogens with zero attached hydrogens (tertiary/aromatic N) is 4. The molecule has 0 fully saturated rings. The Balaban J connectivity index is 1.62. The number of aromatic nitrogens is 1. The van der Waals surface area contributed by atoms with Crippen LogP contribution in [-0.2, 0) is 7.05 Å². The first-order valence-corrected chi connectivity index (χ1v) is 15.8. The van der Waals surface area contributed by atoms with Crippen molar-refractivity contribution in [1.29, 1.82) is 0 Å². The number of carbonyl (C=O) groups excluding carboxylic acids is 3. The molecule has 0 saturated carbocycles. The number of fused-ring (bicyclic) bond motifs is 1. The normalized spacial score (nSPS) is 12.3. The Morgan fingerprint density at radius 1 is 0.740 bits per heavy atom. The summed E-state index contributed by atoms with van der Waals surface area (Å²) in [5, 5.41) is 26.8. The minimum absolute atomic E-state index is 0.000980. The number of azo groups is 1. The first kappa shape index (κ1) is 33.3. The van der Waals surface area contributed by atoms with Gasteiger partial charge in [-0.2, -0.15) is 0 Å². The van der Waals surface area contributed by atoms with Crippen molar-refractivity contribution in [2.45, 2.75) is 27.7 Å². The Bertz CT molecular complexity index is 2290. The molecule has 0 saturated heterocycles. The highest BCUT2D eigenvalue weighted by Crippen LogP contribution is 2.47. The van der Waals surface area contributed by atoms with Gasteiger partial charge in [-0.25, -0.2) is 4.90 Å². The van der Waals surface area contributed by atoms with Crippen LogP contribution in [0, 0.1) is 6.92 Å². The van der Waals surface area contributed by atoms with E-state index in [1.54, 1.807) is 43.3 Å². The largest absolute Gasteiger partial charge is 0.493 e. The number of allylic oxidation sites excluding steroid dienone is 2. The molecule has 1 aliphatic rings. The van der Waals surface area contributed by atoms with Crippen LogP contribution >= 0.6 is 0 Å². The summed E-state index contributed by atoms with van der Waals surface area (Å²) < 4.78 is 0.924. The zero-order chi connectivity index (χ0) is 35.7. The van der Waals surface area contributed by atoms with E-state index < -0.39 is 29.0 Å². The molecule has 11 heteroatoms. The molecule has 0 bridgehead atoms. The fraction of sp³-hybridized carbons (Fsp3) is 0.128. The predicted molar refractivity (Wildman–Crippen MR) is 193 cm³/mol. The van der Waals surface area contributed by atoms with Crippen molar-refractivity contribution in [1.82, 2.24) is 9.47 Å². The van der Waals surface area contributed by atoms with Crippen molar-refractivity contribution in [2.24, 2.45) is 17.3 Å². The molecule has 2 amide bonds. The van der Waals surface area contributed by atoms with Gasteiger partial charge in [0.2, 0.25) is 5.88 Å². The summed E-state index contributed by atoms with van der Waals surface area (Å²) >= 11 is 0. The maximum absolute atomic E-state index is 14.2. The molecular weight excluding hydrogens is 632 g/mol. The number of imide groups is 1. The van der Waals surface area contributed by atoms with Gasteiger partial charge in [-0.05, 0) is 63.6 Å². The average molecular weight is 667 g/mol. The Morgan fingerprint density at radius 3 is 1.86 bits per heavy atom. The molecule has 1 aliphatic heterocycles. The van der Waals surface area contributed by atoms with Crippen molar-refractivity contribution < 1.29 is 19.5 Å². The third-order valence-corrected chi connectivity index (χ3v) is 8.60. The molecule has 0 spiro atoms. The van der Waals surface area contributed by atoms with E-state index in [1.807, 2.05) is 74.5 Å². The second-order valence-corrected chi connectivity index (χ2v) is 12.0. The number of amides is 2. The third-order valence-electron chi connectivity index (χ3n) is 8.60. The van der Waals surface area contributed by atoms with Crippen molar-refractivity contribution in [2.75, 3.05) is 10.6 Å². The lowest BCUT2D eigenvalue weighted by atomic mass is 9.99. The van der Waals surface area contributed by atoms with Crippen LogP contribution in [-0.4, -0.2) is 32.2 Å². The number of rotatable bonds is 9. The molecule has 6 rings (SSSR count). The summed E-state index contributed by atoms with van der Waals surface area (Å²) in [6.07, 6.45) is 0. The highest BCUT2D eigenvalue weighted by molar-refractivity contribution is 6.26. The summed E-state index contributed by atoms with van der Waals surface area (Å²) in [6.45, 7) is 6.82. The van der Waals surface area contributed by atoms with Gasteiger partial charge in [0, 0.05) is 29.7 Å². The van der Waals surface area contributed by atoms with Crippen molar-refractivity contribution in [3.05, 3.63) is 147 Å². The van der Waals surface area contributed by atoms with Gasteiger partial charge in [-0.15, -0.1) is 10.2 Å². The van der Waals surface area contributed by atoms with E-state index in [9.17, 15) is 24.3 Å². The summed E-state index contributed by atoms with van der Waals surface area (Å²) in [4.78, 5) is 56.1. The Kier molecular flexibility index (Phi) is 8.97. The lowest BCUT2D eigenvalue weighted by Crippen LogP contribution is -2.28. The maximum atomic E-state index is 14.2. The second kappa shape index (κ2) is 13.5. The lowest BCUT2D eigenvalue weighted by Gasteiger charge is -2.18. The fourth-order valence-corrected chi connectivity index (χ4v) is 5.66. The highest BCUT2D eigenvalue weighted by Gasteiger charge is 2.41. The van der Waals surface area contributed by atoms with Gasteiger partial charge in [-0.3, -0.25) is 23.7 Å². The standard InChI is InChI=1S/C39H34N6O5/c1-22(2)24(4)45-36(47)28-21-29(40-26-17-11-7-12-18-26)33(41-27-19-13-8-14-20-27)34(31(28)38(45)49)43-42-32-23(3)30(37(48)44(5)39(32)50)35(46)25-15-9-6-10-16-25/h6-21,40-41,50H,1-5H3. The predicted octanol–water partition coefficient (Wildman–Crippen LogP) is 8.44. The average Bonchev–Trinajstić information content (AvgIpc) is 3.37. The zero-order valence-electron chi connectivity index (χ0n) is 28.1. The van der Waals surface area contributed by atoms with Crippen molar-refractivity contribution in [3.63, 3.8) is 0 Å². The minimum atomic E-state index is -0.706. The first-order chi connectivity index (χ1) is 24.0. The number of aromatic hydroxyl groups is 1. The second-order valence-electron chi connectivity index (χ2n) is 12.0. The summed E-state index contributed by atoms with van der Waals surface area (Å²) in [7, 11) is 1.32. The lowest BCUT2D eigenvalue weighted by molar-refractivity contribution is 0.0702. The molecule has 0 unspecified atom stereocenters. The van der Waals surface area contributed by atoms with Crippen LogP contribution in [0.1, 0.15) is 63.0 Å². The van der Waals surface area contributed by atoms with Gasteiger partial charge >= 0.3 is 0 Å². The van der Waals surface area contributed by atoms with Gasteiger partial charge < -0.3 is 15.7 Å². The van der Waals surface area contributed by atoms with E-state index in [4.69, 9.17) is 0 Å². The minimum Gasteiger partial charge on any atom is -0.493 e. The number of benzene rings is 4. The van der Waals surface area contributed by atoms with E-state index in [1.165, 1.54) is 14.0 Å². The van der Waals surface area contributed by atoms with Crippen molar-refractivity contribution >= 4 is 51.7 Å². The van der Waals surface area contributed by atoms with E-state index in [0.717, 1.165) is 15.0 Å². The molecule has 5 aromatic rings. The molecule has 50 heavy (non-hydrogen) atoms. The first-order valence-electron chi connectivity index (χ1n) is 15.8. The molecule has 1 aromatic heterocycles. The summed E-state index contributed by atoms with van der Waals surface area (Å²) in [5.74, 6) is -2.20. The molecule has 11 nitrogen and oxygen atoms in total. The summed E-state index contributed by atoms with van der Waals surface area (Å²) in [6, 6.07) is 28.4. The maximum Gasteiger partial charge on any atom is 0.268 e. The van der Waals surface area contributed by atoms with Crippen LogP contribution in [0.25, 0.3) is 0 Å². The fourth-order valence-electron chi connectivity index (χ4n) is 5.66. The Hall–Kier alpha value is -6.62. The quantitative estimate of drug-likeness (QED) is 0.0813. The van der Waals surface area contributed by atoms with Crippen LogP contribution in [0.2, 0.25) is 0 Å². The SMILES string of the molecule is CC(C)=C(C)N1C(=O)c2cc(Nc3ccccc3)c(Nc3ccccc3)c(N=Nc3c(C)c(C(=O)c4ccccc4)c(=O)n(C)c3O)c2C1=O. The number of ketones is 1. The molecule has 0 radical (unpaired) electrons. The van der Waals surface area contributed by atoms with Gasteiger partial charge in [0.1, 0.15) is 11.4 Å². The highest BCUT2D eigenvalue weighted by atomic mass is 16.3. The van der Waals surface area contributed by atoms with E-state index >= 15 is 0 Å². The molecule has 250 valence electrons. The van der Waals surface area contributed by atoms with Crippen LogP contribution in [0.5, 0.6) is 5.88 Å². The molecule has 0 atom stereocenters. The number of hydrogen-bond acceptors (Lipinski definition) is 9. The molecule has 4 aromatic carbocycles. The van der Waals surface area contributed by atoms with Crippen molar-refractivity contribution in [3.8, 4) is 5.88 Å². The van der Waals surface area contributed by atoms with Gasteiger partial charge in [0.25, 0.3) is 17.4 Å². The topological polar surface area (TPSA) is 145 Å². The smallest absolute Gasteiger partial charge is 0.268 e. The number of hydrogen-bond donors (Lipinski definition) is 3. The number of anilines is 4. The van der Waals surface area contributed by atoms with Crippen LogP contribution < -0.4 is 16.2 Å².